The molecule has 104 valence electrons. The highest BCUT2D eigenvalue weighted by Crippen LogP contribution is 2.39. The van der Waals surface area contributed by atoms with Gasteiger partial charge in [0.25, 0.3) is 0 Å². The number of aliphatic carboxylic acids is 1. The summed E-state index contributed by atoms with van der Waals surface area (Å²) in [4.78, 5) is 11.4. The summed E-state index contributed by atoms with van der Waals surface area (Å²) in [5.74, 6) is -0.953. The van der Waals surface area contributed by atoms with Crippen molar-refractivity contribution >= 4 is 11.7 Å². The molecule has 1 fully saturated rings. The molecule has 0 saturated heterocycles. The zero-order chi connectivity index (χ0) is 13.8. The third kappa shape index (κ3) is 3.07. The van der Waals surface area contributed by atoms with Crippen LogP contribution in [0.3, 0.4) is 0 Å². The molecule has 2 N–H and O–H groups in total. The Balaban J connectivity index is 2.22. The van der Waals surface area contributed by atoms with Crippen molar-refractivity contribution in [1.82, 2.24) is 0 Å². The molecule has 4 heteroatoms. The lowest BCUT2D eigenvalue weighted by molar-refractivity contribution is -0.144. The summed E-state index contributed by atoms with van der Waals surface area (Å²) < 4.78 is 5.41. The maximum atomic E-state index is 11.4. The van der Waals surface area contributed by atoms with Crippen LogP contribution in [0.1, 0.15) is 30.7 Å². The molecule has 0 radical (unpaired) electrons. The molecule has 4 nitrogen and oxygen atoms in total. The monoisotopic (exact) mass is 263 g/mol. The first kappa shape index (κ1) is 13.9. The van der Waals surface area contributed by atoms with Crippen molar-refractivity contribution in [3.8, 4) is 0 Å². The van der Waals surface area contributed by atoms with Crippen molar-refractivity contribution in [2.75, 3.05) is 19.5 Å². The molecule has 3 atom stereocenters. The predicted octanol–water partition coefficient (Wildman–Crippen LogP) is 2.71. The van der Waals surface area contributed by atoms with E-state index < -0.39 is 5.97 Å². The molecule has 0 spiro atoms. The van der Waals surface area contributed by atoms with E-state index in [1.54, 1.807) is 7.11 Å². The second kappa shape index (κ2) is 6.06. The smallest absolute Gasteiger partial charge is 0.307 e. The summed E-state index contributed by atoms with van der Waals surface area (Å²) in [5.41, 5.74) is 2.13. The van der Waals surface area contributed by atoms with E-state index in [4.69, 9.17) is 4.74 Å². The Labute approximate surface area is 113 Å². The maximum absolute atomic E-state index is 11.4. The van der Waals surface area contributed by atoms with E-state index in [-0.39, 0.29) is 17.9 Å². The van der Waals surface area contributed by atoms with Gasteiger partial charge in [0, 0.05) is 19.8 Å². The van der Waals surface area contributed by atoms with E-state index in [0.29, 0.717) is 6.42 Å². The van der Waals surface area contributed by atoms with E-state index in [1.807, 2.05) is 31.3 Å². The molecule has 0 aromatic heterocycles. The van der Waals surface area contributed by atoms with Crippen molar-refractivity contribution in [2.24, 2.45) is 5.92 Å². The van der Waals surface area contributed by atoms with Crippen molar-refractivity contribution in [2.45, 2.75) is 31.3 Å². The van der Waals surface area contributed by atoms with Gasteiger partial charge < -0.3 is 15.2 Å². The fourth-order valence-corrected chi connectivity index (χ4v) is 2.91. The van der Waals surface area contributed by atoms with E-state index in [1.165, 1.54) is 0 Å². The number of methoxy groups -OCH3 is 1. The lowest BCUT2D eigenvalue weighted by Gasteiger charge is -2.33. The first-order chi connectivity index (χ1) is 9.15. The molecule has 2 rings (SSSR count). The minimum absolute atomic E-state index is 0.0436. The first-order valence-electron chi connectivity index (χ1n) is 6.69. The van der Waals surface area contributed by atoms with Crippen LogP contribution in [-0.4, -0.2) is 31.3 Å². The van der Waals surface area contributed by atoms with E-state index >= 15 is 0 Å². The van der Waals surface area contributed by atoms with Crippen molar-refractivity contribution in [1.29, 1.82) is 0 Å². The van der Waals surface area contributed by atoms with Crippen molar-refractivity contribution in [3.63, 3.8) is 0 Å². The number of ether oxygens (including phenoxy) is 1. The zero-order valence-electron chi connectivity index (χ0n) is 11.4. The summed E-state index contributed by atoms with van der Waals surface area (Å²) in [6, 6.07) is 8.02. The summed E-state index contributed by atoms with van der Waals surface area (Å²) in [6.07, 6.45) is 2.47. The van der Waals surface area contributed by atoms with Crippen LogP contribution in [0.5, 0.6) is 0 Å². The van der Waals surface area contributed by atoms with Gasteiger partial charge in [-0.05, 0) is 42.9 Å². The average Bonchev–Trinajstić information content (AvgIpc) is 2.46. The number of carbonyl (C=O) groups is 1. The highest BCUT2D eigenvalue weighted by molar-refractivity contribution is 5.71. The first-order valence-corrected chi connectivity index (χ1v) is 6.69. The number of carboxylic acid groups (broad SMARTS) is 1. The van der Waals surface area contributed by atoms with Gasteiger partial charge >= 0.3 is 5.97 Å². The Morgan fingerprint density at radius 2 is 2.00 bits per heavy atom. The van der Waals surface area contributed by atoms with Gasteiger partial charge in [-0.3, -0.25) is 4.79 Å². The van der Waals surface area contributed by atoms with Crippen LogP contribution in [0, 0.1) is 5.92 Å². The molecule has 1 unspecified atom stereocenters. The van der Waals surface area contributed by atoms with Crippen LogP contribution < -0.4 is 5.32 Å². The summed E-state index contributed by atoms with van der Waals surface area (Å²) in [6.45, 7) is 0. The molecule has 1 aromatic rings. The minimum atomic E-state index is -0.697. The van der Waals surface area contributed by atoms with Gasteiger partial charge in [0.15, 0.2) is 0 Å². The van der Waals surface area contributed by atoms with Crippen molar-refractivity contribution < 1.29 is 14.6 Å². The second-order valence-corrected chi connectivity index (χ2v) is 5.09. The lowest BCUT2D eigenvalue weighted by atomic mass is 9.74. The SMILES string of the molecule is CNc1ccc([C@@H]2C[C@H](OC)CCC2C(=O)O)cc1. The molecule has 0 bridgehead atoms. The maximum Gasteiger partial charge on any atom is 0.307 e. The van der Waals surface area contributed by atoms with Crippen LogP contribution in [0.25, 0.3) is 0 Å². The Kier molecular flexibility index (Phi) is 4.43. The Hall–Kier alpha value is -1.55. The number of anilines is 1. The molecule has 1 aliphatic carbocycles. The third-order valence-corrected chi connectivity index (χ3v) is 4.08. The Morgan fingerprint density at radius 1 is 1.32 bits per heavy atom. The molecule has 19 heavy (non-hydrogen) atoms. The zero-order valence-corrected chi connectivity index (χ0v) is 11.4. The quantitative estimate of drug-likeness (QED) is 0.877. The number of hydrogen-bond acceptors (Lipinski definition) is 3. The number of carboxylic acids is 1. The lowest BCUT2D eigenvalue weighted by Crippen LogP contribution is -2.32. The number of nitrogens with one attached hydrogen (secondary N) is 1. The number of rotatable bonds is 4. The van der Waals surface area contributed by atoms with Gasteiger partial charge in [-0.1, -0.05) is 12.1 Å². The van der Waals surface area contributed by atoms with E-state index in [2.05, 4.69) is 5.32 Å². The average molecular weight is 263 g/mol. The van der Waals surface area contributed by atoms with Crippen molar-refractivity contribution in [3.05, 3.63) is 29.8 Å². The third-order valence-electron chi connectivity index (χ3n) is 4.08. The molecular weight excluding hydrogens is 242 g/mol. The van der Waals surface area contributed by atoms with Gasteiger partial charge in [-0.15, -0.1) is 0 Å². The fraction of sp³-hybridized carbons (Fsp3) is 0.533. The van der Waals surface area contributed by atoms with Crippen LogP contribution in [-0.2, 0) is 9.53 Å². The van der Waals surface area contributed by atoms with Gasteiger partial charge in [-0.25, -0.2) is 0 Å². The second-order valence-electron chi connectivity index (χ2n) is 5.09. The molecule has 1 saturated carbocycles. The molecule has 0 aliphatic heterocycles. The predicted molar refractivity (Wildman–Crippen MR) is 74.5 cm³/mol. The fourth-order valence-electron chi connectivity index (χ4n) is 2.91. The van der Waals surface area contributed by atoms with Gasteiger partial charge in [0.1, 0.15) is 0 Å². The van der Waals surface area contributed by atoms with Crippen LogP contribution in [0.15, 0.2) is 24.3 Å². The number of hydrogen-bond donors (Lipinski definition) is 2. The topological polar surface area (TPSA) is 58.6 Å². The van der Waals surface area contributed by atoms with Gasteiger partial charge in [-0.2, -0.15) is 0 Å². The summed E-state index contributed by atoms with van der Waals surface area (Å²) >= 11 is 0. The largest absolute Gasteiger partial charge is 0.481 e. The molecule has 0 heterocycles. The van der Waals surface area contributed by atoms with Crippen LogP contribution >= 0.6 is 0 Å². The molecule has 1 aromatic carbocycles. The summed E-state index contributed by atoms with van der Waals surface area (Å²) in [7, 11) is 3.57. The Bertz CT molecular complexity index is 430. The number of benzene rings is 1. The Morgan fingerprint density at radius 3 is 2.53 bits per heavy atom. The molecular formula is C15H21NO3. The molecule has 1 aliphatic rings. The summed E-state index contributed by atoms with van der Waals surface area (Å²) in [5, 5.41) is 12.4. The highest BCUT2D eigenvalue weighted by Gasteiger charge is 2.35. The van der Waals surface area contributed by atoms with Gasteiger partial charge in [0.05, 0.1) is 12.0 Å². The van der Waals surface area contributed by atoms with E-state index in [0.717, 1.165) is 24.1 Å². The standard InChI is InChI=1S/C15H21NO3/c1-16-11-5-3-10(4-6-11)14-9-12(19-2)7-8-13(14)15(17)18/h3-6,12-14,16H,7-9H2,1-2H3,(H,17,18)/t12-,13?,14+/m1/s1. The van der Waals surface area contributed by atoms with Crippen LogP contribution in [0.4, 0.5) is 5.69 Å². The minimum Gasteiger partial charge on any atom is -0.481 e. The molecule has 0 amide bonds. The highest BCUT2D eigenvalue weighted by atomic mass is 16.5. The van der Waals surface area contributed by atoms with Crippen LogP contribution in [0.2, 0.25) is 0 Å². The van der Waals surface area contributed by atoms with Gasteiger partial charge in [0.2, 0.25) is 0 Å². The normalized spacial score (nSPS) is 26.9. The van der Waals surface area contributed by atoms with E-state index in [9.17, 15) is 9.90 Å².